The number of carbonyl (C=O) groups excluding carboxylic acids is 2. The highest BCUT2D eigenvalue weighted by Crippen LogP contribution is 2.38. The molecule has 2 N–H and O–H groups in total. The maximum absolute atomic E-state index is 15.0. The average Bonchev–Trinajstić information content (AvgIpc) is 2.91. The summed E-state index contributed by atoms with van der Waals surface area (Å²) in [5.41, 5.74) is -0.0380. The summed E-state index contributed by atoms with van der Waals surface area (Å²) in [6.07, 6.45) is 1.45. The smallest absolute Gasteiger partial charge is 0.239 e. The number of aromatic nitrogens is 1. The van der Waals surface area contributed by atoms with E-state index in [9.17, 15) is 14.0 Å². The summed E-state index contributed by atoms with van der Waals surface area (Å²) in [7, 11) is 2.95. The molecule has 1 heterocycles. The Morgan fingerprint density at radius 3 is 2.10 bits per heavy atom. The highest BCUT2D eigenvalue weighted by atomic mass is 19.1. The van der Waals surface area contributed by atoms with Gasteiger partial charge < -0.3 is 24.8 Å². The number of anilines is 2. The predicted octanol–water partition coefficient (Wildman–Crippen LogP) is 6.23. The van der Waals surface area contributed by atoms with Crippen molar-refractivity contribution in [2.75, 3.05) is 24.9 Å². The summed E-state index contributed by atoms with van der Waals surface area (Å²) >= 11 is 0. The van der Waals surface area contributed by atoms with Gasteiger partial charge in [-0.25, -0.2) is 8.78 Å². The second kappa shape index (κ2) is 10.9. The molecular formula is C29H27F2N3O5. The fraction of sp³-hybridized carbons (Fsp3) is 0.207. The molecule has 4 aromatic rings. The molecule has 0 atom stereocenters. The predicted molar refractivity (Wildman–Crippen MR) is 143 cm³/mol. The molecule has 39 heavy (non-hydrogen) atoms. The lowest BCUT2D eigenvalue weighted by molar-refractivity contribution is -0.135. The molecule has 0 aliphatic carbocycles. The zero-order valence-corrected chi connectivity index (χ0v) is 22.0. The summed E-state index contributed by atoms with van der Waals surface area (Å²) in [6, 6.07) is 13.4. The lowest BCUT2D eigenvalue weighted by Gasteiger charge is -2.23. The minimum atomic E-state index is -1.60. The van der Waals surface area contributed by atoms with Crippen molar-refractivity contribution >= 4 is 34.1 Å². The van der Waals surface area contributed by atoms with E-state index in [0.29, 0.717) is 28.1 Å². The van der Waals surface area contributed by atoms with Gasteiger partial charge in [-0.05, 0) is 45.0 Å². The molecule has 202 valence electrons. The number of hydrogen-bond acceptors (Lipinski definition) is 6. The number of benzene rings is 3. The Kier molecular flexibility index (Phi) is 7.66. The van der Waals surface area contributed by atoms with Gasteiger partial charge in [0.05, 0.1) is 25.4 Å². The molecule has 2 amide bonds. The minimum Gasteiger partial charge on any atom is -0.493 e. The second-order valence-electron chi connectivity index (χ2n) is 9.30. The maximum Gasteiger partial charge on any atom is 0.239 e. The van der Waals surface area contributed by atoms with Crippen molar-refractivity contribution in [1.29, 1.82) is 0 Å². The normalized spacial score (nSPS) is 11.2. The Balaban J connectivity index is 1.54. The summed E-state index contributed by atoms with van der Waals surface area (Å²) in [5.74, 6) is -2.68. The molecule has 4 rings (SSSR count). The number of fused-ring (bicyclic) bond motifs is 1. The maximum atomic E-state index is 15.0. The first-order valence-corrected chi connectivity index (χ1v) is 11.9. The monoisotopic (exact) mass is 535 g/mol. The summed E-state index contributed by atoms with van der Waals surface area (Å²) < 4.78 is 46.3. The van der Waals surface area contributed by atoms with Gasteiger partial charge in [-0.3, -0.25) is 14.6 Å². The largest absolute Gasteiger partial charge is 0.493 e. The van der Waals surface area contributed by atoms with Crippen LogP contribution in [0.4, 0.5) is 20.2 Å². The number of nitrogens with zero attached hydrogens (tertiary/aromatic N) is 1. The lowest BCUT2D eigenvalue weighted by Crippen LogP contribution is -2.41. The highest BCUT2D eigenvalue weighted by Gasteiger charge is 2.36. The quantitative estimate of drug-likeness (QED) is 0.260. The van der Waals surface area contributed by atoms with Crippen LogP contribution < -0.4 is 24.8 Å². The molecule has 0 saturated heterocycles. The zero-order valence-electron chi connectivity index (χ0n) is 22.0. The Bertz CT molecular complexity index is 1560. The summed E-state index contributed by atoms with van der Waals surface area (Å²) in [5, 5.41) is 5.44. The van der Waals surface area contributed by atoms with Crippen LogP contribution in [0.15, 0.2) is 60.8 Å². The van der Waals surface area contributed by atoms with Crippen molar-refractivity contribution < 1.29 is 32.6 Å². The van der Waals surface area contributed by atoms with Crippen LogP contribution in [0.3, 0.4) is 0 Å². The molecule has 1 aromatic heterocycles. The number of amides is 2. The first-order valence-electron chi connectivity index (χ1n) is 11.9. The van der Waals surface area contributed by atoms with Gasteiger partial charge in [-0.1, -0.05) is 17.7 Å². The Morgan fingerprint density at radius 1 is 0.795 bits per heavy atom. The van der Waals surface area contributed by atoms with Crippen LogP contribution in [0, 0.1) is 24.0 Å². The number of halogens is 2. The van der Waals surface area contributed by atoms with Gasteiger partial charge in [-0.2, -0.15) is 0 Å². The number of pyridine rings is 1. The van der Waals surface area contributed by atoms with Crippen molar-refractivity contribution in [2.24, 2.45) is 5.41 Å². The molecule has 0 aliphatic rings. The van der Waals surface area contributed by atoms with E-state index >= 15 is 4.39 Å². The minimum absolute atomic E-state index is 0.199. The van der Waals surface area contributed by atoms with Gasteiger partial charge in [0.2, 0.25) is 11.8 Å². The molecule has 3 aromatic carbocycles. The van der Waals surface area contributed by atoms with Crippen LogP contribution in [-0.2, 0) is 9.59 Å². The van der Waals surface area contributed by atoms with Crippen LogP contribution in [0.1, 0.15) is 19.4 Å². The van der Waals surface area contributed by atoms with E-state index < -0.39 is 40.3 Å². The summed E-state index contributed by atoms with van der Waals surface area (Å²) in [4.78, 5) is 29.9. The number of rotatable bonds is 8. The molecule has 0 radical (unpaired) electrons. The van der Waals surface area contributed by atoms with Gasteiger partial charge in [0.1, 0.15) is 11.2 Å². The first kappa shape index (κ1) is 27.3. The van der Waals surface area contributed by atoms with Crippen molar-refractivity contribution in [3.05, 3.63) is 78.0 Å². The number of ether oxygens (including phenoxy) is 3. The van der Waals surface area contributed by atoms with Crippen LogP contribution in [0.2, 0.25) is 0 Å². The van der Waals surface area contributed by atoms with Gasteiger partial charge >= 0.3 is 0 Å². The van der Waals surface area contributed by atoms with E-state index in [1.54, 1.807) is 24.3 Å². The number of aryl methyl sites for hydroxylation is 1. The third-order valence-electron chi connectivity index (χ3n) is 6.14. The van der Waals surface area contributed by atoms with Crippen LogP contribution in [-0.4, -0.2) is 31.0 Å². The fourth-order valence-corrected chi connectivity index (χ4v) is 3.66. The first-order chi connectivity index (χ1) is 18.5. The van der Waals surface area contributed by atoms with E-state index in [1.807, 2.05) is 19.1 Å². The van der Waals surface area contributed by atoms with Gasteiger partial charge in [0.25, 0.3) is 0 Å². The van der Waals surface area contributed by atoms with Crippen molar-refractivity contribution in [1.82, 2.24) is 4.98 Å². The SMILES string of the molecule is COc1cc2nccc(Oc3cc(F)c(NC(=O)C(C)(C)C(=O)Nc4ccc(C)cc4)cc3F)c2cc1OC. The topological polar surface area (TPSA) is 98.8 Å². The lowest BCUT2D eigenvalue weighted by atomic mass is 9.90. The van der Waals surface area contributed by atoms with Gasteiger partial charge in [0.15, 0.2) is 28.9 Å². The molecule has 0 spiro atoms. The van der Waals surface area contributed by atoms with Crippen molar-refractivity contribution in [2.45, 2.75) is 20.8 Å². The average molecular weight is 536 g/mol. The highest BCUT2D eigenvalue weighted by molar-refractivity contribution is 6.14. The number of carbonyl (C=O) groups is 2. The Morgan fingerprint density at radius 2 is 1.44 bits per heavy atom. The van der Waals surface area contributed by atoms with Crippen molar-refractivity contribution in [3.63, 3.8) is 0 Å². The van der Waals surface area contributed by atoms with E-state index in [4.69, 9.17) is 14.2 Å². The van der Waals surface area contributed by atoms with E-state index in [1.165, 1.54) is 40.3 Å². The fourth-order valence-electron chi connectivity index (χ4n) is 3.66. The molecule has 0 fully saturated rings. The Labute approximate surface area is 223 Å². The van der Waals surface area contributed by atoms with Crippen molar-refractivity contribution in [3.8, 4) is 23.0 Å². The molecule has 0 unspecified atom stereocenters. The number of methoxy groups -OCH3 is 2. The van der Waals surface area contributed by atoms with Gasteiger partial charge in [-0.15, -0.1) is 0 Å². The third kappa shape index (κ3) is 5.74. The van der Waals surface area contributed by atoms with Crippen LogP contribution in [0.5, 0.6) is 23.0 Å². The molecule has 10 heteroatoms. The third-order valence-corrected chi connectivity index (χ3v) is 6.14. The standard InChI is InChI=1S/C29H27F2N3O5/c1-16-6-8-17(9-7-16)33-27(35)29(2,3)28(36)34-22-13-20(31)24(14-19(22)30)39-23-10-11-32-21-15-26(38-5)25(37-4)12-18(21)23/h6-15H,1-5H3,(H,33,35)(H,34,36). The van der Waals surface area contributed by atoms with E-state index in [0.717, 1.165) is 17.7 Å². The molecule has 0 bridgehead atoms. The molecule has 0 saturated carbocycles. The Hall–Kier alpha value is -4.73. The zero-order chi connectivity index (χ0) is 28.3. The molecule has 0 aliphatic heterocycles. The van der Waals surface area contributed by atoms with Crippen LogP contribution in [0.25, 0.3) is 10.9 Å². The second-order valence-corrected chi connectivity index (χ2v) is 9.30. The van der Waals surface area contributed by atoms with E-state index in [-0.39, 0.29) is 5.75 Å². The van der Waals surface area contributed by atoms with Gasteiger partial charge in [0, 0.05) is 35.5 Å². The number of hydrogen-bond donors (Lipinski definition) is 2. The van der Waals surface area contributed by atoms with Crippen LogP contribution >= 0.6 is 0 Å². The number of nitrogens with one attached hydrogen (secondary N) is 2. The summed E-state index contributed by atoms with van der Waals surface area (Å²) in [6.45, 7) is 4.67. The van der Waals surface area contributed by atoms with E-state index in [2.05, 4.69) is 15.6 Å². The molecule has 8 nitrogen and oxygen atoms in total. The molecular weight excluding hydrogens is 508 g/mol.